The van der Waals surface area contributed by atoms with Crippen LogP contribution in [0.5, 0.6) is 0 Å². The second-order valence-corrected chi connectivity index (χ2v) is 6.96. The minimum absolute atomic E-state index is 0.00405. The monoisotopic (exact) mass is 395 g/mol. The molecule has 0 aliphatic heterocycles. The van der Waals surface area contributed by atoms with Gasteiger partial charge < -0.3 is 10.2 Å². The summed E-state index contributed by atoms with van der Waals surface area (Å²) in [5, 5.41) is 2.88. The SMILES string of the molecule is C=C(C)CN(CC)C(=O)CN(C)CC(=O)Nc1ccc(Br)cc1C. The van der Waals surface area contributed by atoms with Gasteiger partial charge in [0.15, 0.2) is 0 Å². The molecule has 0 heterocycles. The minimum Gasteiger partial charge on any atom is -0.338 e. The number of carbonyl (C=O) groups excluding carboxylic acids is 2. The van der Waals surface area contributed by atoms with Crippen molar-refractivity contribution in [3.05, 3.63) is 40.4 Å². The Balaban J connectivity index is 2.54. The van der Waals surface area contributed by atoms with Crippen molar-refractivity contribution in [3.8, 4) is 0 Å². The molecule has 0 atom stereocenters. The summed E-state index contributed by atoms with van der Waals surface area (Å²) in [5.41, 5.74) is 2.70. The molecule has 0 radical (unpaired) electrons. The van der Waals surface area contributed by atoms with Gasteiger partial charge in [0.2, 0.25) is 11.8 Å². The number of benzene rings is 1. The van der Waals surface area contributed by atoms with E-state index in [4.69, 9.17) is 0 Å². The predicted octanol–water partition coefficient (Wildman–Crippen LogP) is 3.05. The second kappa shape index (κ2) is 9.59. The van der Waals surface area contributed by atoms with Crippen molar-refractivity contribution in [1.82, 2.24) is 9.80 Å². The number of halogens is 1. The quantitative estimate of drug-likeness (QED) is 0.688. The Hall–Kier alpha value is -1.66. The van der Waals surface area contributed by atoms with Crippen LogP contribution in [0.25, 0.3) is 0 Å². The van der Waals surface area contributed by atoms with Crippen LogP contribution in [0.4, 0.5) is 5.69 Å². The molecule has 6 heteroatoms. The van der Waals surface area contributed by atoms with Crippen LogP contribution >= 0.6 is 15.9 Å². The number of carbonyl (C=O) groups is 2. The van der Waals surface area contributed by atoms with E-state index in [2.05, 4.69) is 27.8 Å². The molecule has 1 N–H and O–H groups in total. The number of hydrogen-bond acceptors (Lipinski definition) is 3. The highest BCUT2D eigenvalue weighted by Gasteiger charge is 2.16. The van der Waals surface area contributed by atoms with Gasteiger partial charge in [0.1, 0.15) is 0 Å². The Labute approximate surface area is 152 Å². The van der Waals surface area contributed by atoms with Crippen LogP contribution in [0.2, 0.25) is 0 Å². The van der Waals surface area contributed by atoms with Crippen molar-refractivity contribution < 1.29 is 9.59 Å². The molecule has 0 aliphatic carbocycles. The van der Waals surface area contributed by atoms with E-state index in [9.17, 15) is 9.59 Å². The molecule has 132 valence electrons. The van der Waals surface area contributed by atoms with Gasteiger partial charge in [0.05, 0.1) is 13.1 Å². The molecule has 0 bridgehead atoms. The first-order valence-corrected chi connectivity index (χ1v) is 8.69. The summed E-state index contributed by atoms with van der Waals surface area (Å²) < 4.78 is 0.970. The van der Waals surface area contributed by atoms with Gasteiger partial charge in [-0.15, -0.1) is 0 Å². The summed E-state index contributed by atoms with van der Waals surface area (Å²) in [6.45, 7) is 11.1. The standard InChI is InChI=1S/C18H26BrN3O2/c1-6-22(10-13(2)3)18(24)12-21(5)11-17(23)20-16-8-7-15(19)9-14(16)4/h7-9H,2,6,10-12H2,1,3-5H3,(H,20,23). The van der Waals surface area contributed by atoms with Crippen LogP contribution in [0.15, 0.2) is 34.8 Å². The van der Waals surface area contributed by atoms with Crippen molar-refractivity contribution in [2.75, 3.05) is 38.5 Å². The number of hydrogen-bond donors (Lipinski definition) is 1. The molecule has 0 saturated heterocycles. The second-order valence-electron chi connectivity index (χ2n) is 6.04. The minimum atomic E-state index is -0.140. The van der Waals surface area contributed by atoms with Crippen molar-refractivity contribution in [2.24, 2.45) is 0 Å². The van der Waals surface area contributed by atoms with E-state index >= 15 is 0 Å². The lowest BCUT2D eigenvalue weighted by Gasteiger charge is -2.24. The molecule has 0 fully saturated rings. The molecule has 0 saturated carbocycles. The summed E-state index contributed by atoms with van der Waals surface area (Å²) in [4.78, 5) is 27.9. The van der Waals surface area contributed by atoms with Gasteiger partial charge in [-0.25, -0.2) is 0 Å². The topological polar surface area (TPSA) is 52.7 Å². The maximum atomic E-state index is 12.3. The van der Waals surface area contributed by atoms with Crippen LogP contribution < -0.4 is 5.32 Å². The van der Waals surface area contributed by atoms with E-state index in [0.29, 0.717) is 13.1 Å². The Morgan fingerprint density at radius 3 is 2.46 bits per heavy atom. The normalized spacial score (nSPS) is 10.6. The molecule has 0 aliphatic rings. The summed E-state index contributed by atoms with van der Waals surface area (Å²) >= 11 is 3.40. The van der Waals surface area contributed by atoms with Crippen LogP contribution in [-0.4, -0.2) is 54.8 Å². The summed E-state index contributed by atoms with van der Waals surface area (Å²) in [6, 6.07) is 5.68. The third-order valence-electron chi connectivity index (χ3n) is 3.48. The summed E-state index contributed by atoms with van der Waals surface area (Å²) in [5.74, 6) is -0.144. The third-order valence-corrected chi connectivity index (χ3v) is 3.97. The highest BCUT2D eigenvalue weighted by atomic mass is 79.9. The van der Waals surface area contributed by atoms with E-state index in [0.717, 1.165) is 21.3 Å². The average molecular weight is 396 g/mol. The predicted molar refractivity (Wildman–Crippen MR) is 102 cm³/mol. The van der Waals surface area contributed by atoms with Crippen molar-refractivity contribution in [1.29, 1.82) is 0 Å². The fourth-order valence-corrected chi connectivity index (χ4v) is 2.77. The molecule has 5 nitrogen and oxygen atoms in total. The van der Waals surface area contributed by atoms with Gasteiger partial charge in [0.25, 0.3) is 0 Å². The maximum absolute atomic E-state index is 12.3. The Bertz CT molecular complexity index is 616. The highest BCUT2D eigenvalue weighted by molar-refractivity contribution is 9.10. The number of nitrogens with one attached hydrogen (secondary N) is 1. The molecule has 1 aromatic rings. The molecular formula is C18H26BrN3O2. The van der Waals surface area contributed by atoms with E-state index in [-0.39, 0.29) is 24.9 Å². The molecular weight excluding hydrogens is 370 g/mol. The van der Waals surface area contributed by atoms with E-state index in [1.54, 1.807) is 16.8 Å². The van der Waals surface area contributed by atoms with Gasteiger partial charge in [-0.3, -0.25) is 14.5 Å². The fourth-order valence-electron chi connectivity index (χ4n) is 2.29. The van der Waals surface area contributed by atoms with Crippen molar-refractivity contribution >= 4 is 33.4 Å². The van der Waals surface area contributed by atoms with Gasteiger partial charge in [0, 0.05) is 23.2 Å². The first-order chi connectivity index (χ1) is 11.2. The molecule has 0 spiro atoms. The number of amides is 2. The Morgan fingerprint density at radius 1 is 1.25 bits per heavy atom. The first-order valence-electron chi connectivity index (χ1n) is 7.89. The highest BCUT2D eigenvalue weighted by Crippen LogP contribution is 2.19. The number of nitrogens with zero attached hydrogens (tertiary/aromatic N) is 2. The van der Waals surface area contributed by atoms with Gasteiger partial charge in [-0.2, -0.15) is 0 Å². The van der Waals surface area contributed by atoms with Gasteiger partial charge >= 0.3 is 0 Å². The van der Waals surface area contributed by atoms with E-state index in [1.165, 1.54) is 0 Å². The smallest absolute Gasteiger partial charge is 0.238 e. The molecule has 2 amide bonds. The number of rotatable bonds is 8. The van der Waals surface area contributed by atoms with Crippen molar-refractivity contribution in [2.45, 2.75) is 20.8 Å². The zero-order valence-electron chi connectivity index (χ0n) is 14.9. The van der Waals surface area contributed by atoms with Crippen molar-refractivity contribution in [3.63, 3.8) is 0 Å². The molecule has 1 aromatic carbocycles. The zero-order valence-corrected chi connectivity index (χ0v) is 16.4. The summed E-state index contributed by atoms with van der Waals surface area (Å²) in [7, 11) is 1.76. The van der Waals surface area contributed by atoms with Gasteiger partial charge in [-0.1, -0.05) is 28.1 Å². The molecule has 24 heavy (non-hydrogen) atoms. The number of aryl methyl sites for hydroxylation is 1. The van der Waals surface area contributed by atoms with Crippen LogP contribution in [-0.2, 0) is 9.59 Å². The molecule has 1 rings (SSSR count). The van der Waals surface area contributed by atoms with Crippen LogP contribution in [0.1, 0.15) is 19.4 Å². The lowest BCUT2D eigenvalue weighted by Crippen LogP contribution is -2.42. The average Bonchev–Trinajstić information content (AvgIpc) is 2.47. The maximum Gasteiger partial charge on any atom is 0.238 e. The lowest BCUT2D eigenvalue weighted by molar-refractivity contribution is -0.131. The van der Waals surface area contributed by atoms with Gasteiger partial charge in [-0.05, 0) is 51.6 Å². The molecule has 0 aromatic heterocycles. The third kappa shape index (κ3) is 6.84. The van der Waals surface area contributed by atoms with Crippen LogP contribution in [0, 0.1) is 6.92 Å². The van der Waals surface area contributed by atoms with E-state index in [1.807, 2.05) is 39.0 Å². The van der Waals surface area contributed by atoms with Crippen LogP contribution in [0.3, 0.4) is 0 Å². The zero-order chi connectivity index (χ0) is 18.3. The number of anilines is 1. The van der Waals surface area contributed by atoms with E-state index < -0.39 is 0 Å². The lowest BCUT2D eigenvalue weighted by atomic mass is 10.2. The molecule has 0 unspecified atom stereocenters. The first kappa shape index (κ1) is 20.4. The fraction of sp³-hybridized carbons (Fsp3) is 0.444. The summed E-state index contributed by atoms with van der Waals surface area (Å²) in [6.07, 6.45) is 0. The largest absolute Gasteiger partial charge is 0.338 e. The number of likely N-dealkylation sites (N-methyl/N-ethyl adjacent to an activating group) is 2. The Kier molecular flexibility index (Phi) is 8.15. The Morgan fingerprint density at radius 2 is 1.92 bits per heavy atom.